The largest absolute Gasteiger partial charge is 0.233 e. The number of nitrogens with zero attached hydrogens (tertiary/aromatic N) is 1. The topological polar surface area (TPSA) is 3.01 Å². The van der Waals surface area contributed by atoms with Crippen LogP contribution in [0.5, 0.6) is 0 Å². The molecule has 1 aliphatic heterocycles. The maximum Gasteiger partial charge on any atom is 0.171 e. The van der Waals surface area contributed by atoms with Crippen molar-refractivity contribution in [1.82, 2.24) is 0 Å². The van der Waals surface area contributed by atoms with Crippen molar-refractivity contribution in [1.29, 1.82) is 0 Å². The summed E-state index contributed by atoms with van der Waals surface area (Å²) in [4.78, 5) is 0. The molecule has 1 aromatic rings. The van der Waals surface area contributed by atoms with Gasteiger partial charge in [-0.1, -0.05) is 37.5 Å². The molecular weight excluding hydrogens is 218 g/mol. The molecule has 0 bridgehead atoms. The third kappa shape index (κ3) is 2.36. The van der Waals surface area contributed by atoms with E-state index >= 15 is 0 Å². The second-order valence-electron chi connectivity index (χ2n) is 5.95. The molecule has 18 heavy (non-hydrogen) atoms. The van der Waals surface area contributed by atoms with E-state index in [-0.39, 0.29) is 0 Å². The Morgan fingerprint density at radius 2 is 1.89 bits per heavy atom. The molecule has 0 aromatic heterocycles. The molecule has 1 heteroatoms. The highest BCUT2D eigenvalue weighted by Gasteiger charge is 2.29. The van der Waals surface area contributed by atoms with Gasteiger partial charge >= 0.3 is 0 Å². The Kier molecular flexibility index (Phi) is 3.49. The Morgan fingerprint density at radius 1 is 1.11 bits per heavy atom. The van der Waals surface area contributed by atoms with Gasteiger partial charge in [0.2, 0.25) is 0 Å². The van der Waals surface area contributed by atoms with Gasteiger partial charge in [0.1, 0.15) is 6.54 Å². The highest BCUT2D eigenvalue weighted by molar-refractivity contribution is 5.78. The van der Waals surface area contributed by atoms with Gasteiger partial charge in [-0.2, -0.15) is 0 Å². The van der Waals surface area contributed by atoms with Crippen molar-refractivity contribution in [2.45, 2.75) is 51.5 Å². The molecule has 1 saturated carbocycles. The Balaban J connectivity index is 1.79. The first-order valence-electron chi connectivity index (χ1n) is 7.53. The maximum absolute atomic E-state index is 2.60. The van der Waals surface area contributed by atoms with Crippen LogP contribution in [0.3, 0.4) is 0 Å². The summed E-state index contributed by atoms with van der Waals surface area (Å²) in [5.41, 5.74) is 2.95. The lowest BCUT2D eigenvalue weighted by atomic mass is 9.84. The van der Waals surface area contributed by atoms with E-state index in [2.05, 4.69) is 42.0 Å². The van der Waals surface area contributed by atoms with E-state index in [4.69, 9.17) is 0 Å². The molecule has 0 spiro atoms. The highest BCUT2D eigenvalue weighted by atomic mass is 15.0. The monoisotopic (exact) mass is 242 g/mol. The summed E-state index contributed by atoms with van der Waals surface area (Å²) < 4.78 is 2.60. The van der Waals surface area contributed by atoms with Crippen LogP contribution >= 0.6 is 0 Å². The van der Waals surface area contributed by atoms with Crippen molar-refractivity contribution in [3.05, 3.63) is 35.4 Å². The molecule has 96 valence electrons. The molecule has 1 heterocycles. The molecular formula is C17H24N+. The fraction of sp³-hybridized carbons (Fsp3) is 0.588. The molecule has 0 amide bonds. The van der Waals surface area contributed by atoms with E-state index in [1.54, 1.807) is 0 Å². The molecule has 2 aliphatic rings. The van der Waals surface area contributed by atoms with Gasteiger partial charge in [0.15, 0.2) is 12.3 Å². The lowest BCUT2D eigenvalue weighted by molar-refractivity contribution is -0.568. The summed E-state index contributed by atoms with van der Waals surface area (Å²) in [6.07, 6.45) is 10.8. The summed E-state index contributed by atoms with van der Waals surface area (Å²) in [7, 11) is 0. The lowest BCUT2D eigenvalue weighted by Crippen LogP contribution is -2.36. The maximum atomic E-state index is 2.60. The Bertz CT molecular complexity index is 441. The fourth-order valence-corrected chi connectivity index (χ4v) is 3.59. The van der Waals surface area contributed by atoms with Crippen molar-refractivity contribution in [3.63, 3.8) is 0 Å². The van der Waals surface area contributed by atoms with Gasteiger partial charge in [-0.05, 0) is 31.4 Å². The third-order valence-corrected chi connectivity index (χ3v) is 4.85. The van der Waals surface area contributed by atoms with Crippen LogP contribution in [-0.4, -0.2) is 23.4 Å². The van der Waals surface area contributed by atoms with Gasteiger partial charge in [0.05, 0.1) is 0 Å². The molecule has 1 aromatic carbocycles. The van der Waals surface area contributed by atoms with E-state index < -0.39 is 0 Å². The second kappa shape index (κ2) is 5.26. The smallest absolute Gasteiger partial charge is 0.171 e. The minimum absolute atomic E-state index is 0.721. The molecule has 1 atom stereocenters. The summed E-state index contributed by atoms with van der Waals surface area (Å²) in [6.45, 7) is 3.63. The number of rotatable bonds is 2. The normalized spacial score (nSPS) is 22.2. The van der Waals surface area contributed by atoms with Gasteiger partial charge in [0.25, 0.3) is 0 Å². The Labute approximate surface area is 111 Å². The molecule has 3 rings (SSSR count). The van der Waals surface area contributed by atoms with Gasteiger partial charge in [-0.15, -0.1) is 0 Å². The molecule has 1 fully saturated rings. The minimum atomic E-state index is 0.721. The van der Waals surface area contributed by atoms with Crippen molar-refractivity contribution >= 4 is 6.21 Å². The van der Waals surface area contributed by atoms with Crippen LogP contribution in [0.1, 0.15) is 50.2 Å². The third-order valence-electron chi connectivity index (χ3n) is 4.85. The first-order valence-corrected chi connectivity index (χ1v) is 7.53. The summed E-state index contributed by atoms with van der Waals surface area (Å²) in [6, 6.07) is 9.57. The zero-order valence-electron chi connectivity index (χ0n) is 11.4. The molecule has 0 saturated heterocycles. The quantitative estimate of drug-likeness (QED) is 0.697. The average Bonchev–Trinajstić information content (AvgIpc) is 2.47. The predicted molar refractivity (Wildman–Crippen MR) is 76.5 cm³/mol. The second-order valence-corrected chi connectivity index (χ2v) is 5.95. The van der Waals surface area contributed by atoms with Gasteiger partial charge in [0, 0.05) is 17.9 Å². The van der Waals surface area contributed by atoms with E-state index in [0.717, 1.165) is 12.0 Å². The van der Waals surface area contributed by atoms with Crippen molar-refractivity contribution in [2.24, 2.45) is 5.92 Å². The van der Waals surface area contributed by atoms with Crippen molar-refractivity contribution < 1.29 is 4.58 Å². The SMILES string of the molecule is C[C@@H](C1CCCCC1)[N+]1=Cc2ccccc2CC1. The number of fused-ring (bicyclic) bond motifs is 1. The van der Waals surface area contributed by atoms with Crippen molar-refractivity contribution in [2.75, 3.05) is 6.54 Å². The first kappa shape index (κ1) is 12.0. The molecule has 0 radical (unpaired) electrons. The summed E-state index contributed by atoms with van der Waals surface area (Å²) in [5, 5.41) is 0. The van der Waals surface area contributed by atoms with Crippen LogP contribution in [0, 0.1) is 5.92 Å². The zero-order valence-corrected chi connectivity index (χ0v) is 11.4. The summed E-state index contributed by atoms with van der Waals surface area (Å²) >= 11 is 0. The van der Waals surface area contributed by atoms with Crippen LogP contribution < -0.4 is 0 Å². The van der Waals surface area contributed by atoms with Crippen LogP contribution in [0.25, 0.3) is 0 Å². The van der Waals surface area contributed by atoms with E-state index in [1.165, 1.54) is 56.2 Å². The Hall–Kier alpha value is -1.11. The van der Waals surface area contributed by atoms with Crippen LogP contribution in [0.4, 0.5) is 0 Å². The van der Waals surface area contributed by atoms with Gasteiger partial charge < -0.3 is 0 Å². The lowest BCUT2D eigenvalue weighted by Gasteiger charge is -2.27. The van der Waals surface area contributed by atoms with Crippen LogP contribution in [0.15, 0.2) is 24.3 Å². The van der Waals surface area contributed by atoms with Gasteiger partial charge in [-0.25, -0.2) is 4.58 Å². The zero-order chi connectivity index (χ0) is 12.4. The minimum Gasteiger partial charge on any atom is -0.233 e. The predicted octanol–water partition coefficient (Wildman–Crippen LogP) is 3.64. The summed E-state index contributed by atoms with van der Waals surface area (Å²) in [5.74, 6) is 0.917. The number of hydrogen-bond donors (Lipinski definition) is 0. The number of hydrogen-bond acceptors (Lipinski definition) is 0. The fourth-order valence-electron chi connectivity index (χ4n) is 3.59. The van der Waals surface area contributed by atoms with E-state index in [0.29, 0.717) is 0 Å². The van der Waals surface area contributed by atoms with E-state index in [9.17, 15) is 0 Å². The van der Waals surface area contributed by atoms with Crippen LogP contribution in [0.2, 0.25) is 0 Å². The number of benzene rings is 1. The highest BCUT2D eigenvalue weighted by Crippen LogP contribution is 2.28. The van der Waals surface area contributed by atoms with Gasteiger partial charge in [-0.3, -0.25) is 0 Å². The molecule has 1 nitrogen and oxygen atoms in total. The molecule has 1 aliphatic carbocycles. The molecule has 0 N–H and O–H groups in total. The standard InChI is InChI=1S/C17H24N/c1-14(15-7-3-2-4-8-15)18-12-11-16-9-5-6-10-17(16)13-18/h5-6,9-10,13-15H,2-4,7-8,11-12H2,1H3/q+1/t14-/m0/s1. The Morgan fingerprint density at radius 3 is 2.72 bits per heavy atom. The average molecular weight is 242 g/mol. The van der Waals surface area contributed by atoms with Crippen LogP contribution in [-0.2, 0) is 6.42 Å². The first-order chi connectivity index (χ1) is 8.84. The van der Waals surface area contributed by atoms with E-state index in [1.807, 2.05) is 0 Å². The van der Waals surface area contributed by atoms with Crippen molar-refractivity contribution in [3.8, 4) is 0 Å². The molecule has 0 unspecified atom stereocenters.